The van der Waals surface area contributed by atoms with Crippen molar-refractivity contribution in [2.45, 2.75) is 20.4 Å². The van der Waals surface area contributed by atoms with Gasteiger partial charge in [0, 0.05) is 23.9 Å². The zero-order valence-corrected chi connectivity index (χ0v) is 15.6. The molecule has 0 atom stereocenters. The molecule has 5 nitrogen and oxygen atoms in total. The van der Waals surface area contributed by atoms with Crippen LogP contribution in [-0.2, 0) is 6.54 Å². The summed E-state index contributed by atoms with van der Waals surface area (Å²) in [5.74, 6) is -0.0924. The van der Waals surface area contributed by atoms with Crippen molar-refractivity contribution in [1.82, 2.24) is 14.5 Å². The summed E-state index contributed by atoms with van der Waals surface area (Å²) in [6.07, 6.45) is 1.74. The summed E-state index contributed by atoms with van der Waals surface area (Å²) in [5.41, 5.74) is 3.88. The van der Waals surface area contributed by atoms with E-state index >= 15 is 0 Å². The highest BCUT2D eigenvalue weighted by Gasteiger charge is 2.15. The Balaban J connectivity index is 1.70. The molecule has 0 spiro atoms. The predicted octanol–water partition coefficient (Wildman–Crippen LogP) is 4.82. The van der Waals surface area contributed by atoms with Crippen LogP contribution in [0, 0.1) is 12.7 Å². The molecule has 140 valence electrons. The second-order valence-corrected chi connectivity index (χ2v) is 6.54. The Hall–Kier alpha value is -3.54. The fraction of sp³-hybridized carbons (Fsp3) is 0.136. The lowest BCUT2D eigenvalue weighted by Gasteiger charge is -2.09. The lowest BCUT2D eigenvalue weighted by molar-refractivity contribution is 0.102. The van der Waals surface area contributed by atoms with Crippen LogP contribution in [-0.4, -0.2) is 20.4 Å². The number of imidazole rings is 1. The van der Waals surface area contributed by atoms with E-state index in [4.69, 9.17) is 0 Å². The van der Waals surface area contributed by atoms with E-state index in [0.29, 0.717) is 12.1 Å². The number of aromatic nitrogens is 3. The number of anilines is 1. The summed E-state index contributed by atoms with van der Waals surface area (Å²) in [6, 6.07) is 15.5. The first-order valence-corrected chi connectivity index (χ1v) is 9.06. The number of nitrogens with zero attached hydrogens (tertiary/aromatic N) is 3. The van der Waals surface area contributed by atoms with Crippen LogP contribution < -0.4 is 5.32 Å². The maximum atomic E-state index is 14.0. The minimum atomic E-state index is -0.464. The van der Waals surface area contributed by atoms with Crippen molar-refractivity contribution in [2.75, 3.05) is 5.32 Å². The van der Waals surface area contributed by atoms with Crippen LogP contribution in [0.2, 0.25) is 0 Å². The molecule has 2 heterocycles. The third-order valence-corrected chi connectivity index (χ3v) is 4.57. The van der Waals surface area contributed by atoms with E-state index in [2.05, 4.69) is 15.3 Å². The SMILES string of the molecule is CCn1c(-c2cccc(C(=O)Nc3cc(C)ccc3F)c2)nc2cccnc21. The number of hydrogen-bond acceptors (Lipinski definition) is 3. The number of aryl methyl sites for hydroxylation is 2. The van der Waals surface area contributed by atoms with Crippen LogP contribution in [0.5, 0.6) is 0 Å². The zero-order chi connectivity index (χ0) is 19.7. The van der Waals surface area contributed by atoms with Crippen molar-refractivity contribution in [3.63, 3.8) is 0 Å². The van der Waals surface area contributed by atoms with E-state index in [-0.39, 0.29) is 11.6 Å². The number of fused-ring (bicyclic) bond motifs is 1. The number of hydrogen-bond donors (Lipinski definition) is 1. The van der Waals surface area contributed by atoms with E-state index < -0.39 is 5.82 Å². The molecule has 0 fully saturated rings. The molecular weight excluding hydrogens is 355 g/mol. The van der Waals surface area contributed by atoms with Crippen molar-refractivity contribution in [3.05, 3.63) is 77.7 Å². The van der Waals surface area contributed by atoms with Gasteiger partial charge in [-0.3, -0.25) is 4.79 Å². The van der Waals surface area contributed by atoms with Crippen molar-refractivity contribution in [1.29, 1.82) is 0 Å². The third kappa shape index (κ3) is 3.24. The van der Waals surface area contributed by atoms with Gasteiger partial charge in [-0.15, -0.1) is 0 Å². The second kappa shape index (κ2) is 7.23. The van der Waals surface area contributed by atoms with E-state index in [1.807, 2.05) is 36.6 Å². The Kier molecular flexibility index (Phi) is 4.61. The molecule has 0 unspecified atom stereocenters. The van der Waals surface area contributed by atoms with Crippen molar-refractivity contribution in [3.8, 4) is 11.4 Å². The summed E-state index contributed by atoms with van der Waals surface area (Å²) in [4.78, 5) is 21.8. The summed E-state index contributed by atoms with van der Waals surface area (Å²) in [6.45, 7) is 4.57. The van der Waals surface area contributed by atoms with E-state index in [0.717, 1.165) is 28.1 Å². The first-order valence-electron chi connectivity index (χ1n) is 9.06. The predicted molar refractivity (Wildman–Crippen MR) is 108 cm³/mol. The van der Waals surface area contributed by atoms with E-state index in [1.165, 1.54) is 6.07 Å². The van der Waals surface area contributed by atoms with Crippen molar-refractivity contribution < 1.29 is 9.18 Å². The molecule has 0 saturated carbocycles. The molecule has 6 heteroatoms. The Bertz CT molecular complexity index is 1180. The van der Waals surface area contributed by atoms with Gasteiger partial charge in [-0.05, 0) is 55.8 Å². The average molecular weight is 374 g/mol. The highest BCUT2D eigenvalue weighted by Crippen LogP contribution is 2.25. The molecule has 4 aromatic rings. The molecule has 28 heavy (non-hydrogen) atoms. The van der Waals surface area contributed by atoms with Gasteiger partial charge >= 0.3 is 0 Å². The minimum absolute atomic E-state index is 0.167. The Morgan fingerprint density at radius 3 is 2.82 bits per heavy atom. The van der Waals surface area contributed by atoms with E-state index in [1.54, 1.807) is 36.5 Å². The highest BCUT2D eigenvalue weighted by molar-refractivity contribution is 6.05. The third-order valence-electron chi connectivity index (χ3n) is 4.57. The normalized spacial score (nSPS) is 11.0. The van der Waals surface area contributed by atoms with Crippen molar-refractivity contribution in [2.24, 2.45) is 0 Å². The van der Waals surface area contributed by atoms with Crippen LogP contribution >= 0.6 is 0 Å². The molecule has 0 aliphatic carbocycles. The molecule has 0 bridgehead atoms. The molecule has 0 saturated heterocycles. The molecule has 2 aromatic carbocycles. The molecule has 1 amide bonds. The molecule has 0 aliphatic heterocycles. The van der Waals surface area contributed by atoms with Crippen molar-refractivity contribution >= 4 is 22.8 Å². The van der Waals surface area contributed by atoms with E-state index in [9.17, 15) is 9.18 Å². The van der Waals surface area contributed by atoms with Gasteiger partial charge < -0.3 is 9.88 Å². The van der Waals surface area contributed by atoms with Gasteiger partial charge in [0.1, 0.15) is 17.2 Å². The van der Waals surface area contributed by atoms with Crippen LogP contribution in [0.3, 0.4) is 0 Å². The Labute approximate surface area is 161 Å². The smallest absolute Gasteiger partial charge is 0.255 e. The van der Waals surface area contributed by atoms with Gasteiger partial charge in [0.05, 0.1) is 5.69 Å². The lowest BCUT2D eigenvalue weighted by atomic mass is 10.1. The van der Waals surface area contributed by atoms with Gasteiger partial charge in [0.15, 0.2) is 5.65 Å². The number of carbonyl (C=O) groups excluding carboxylic acids is 1. The Morgan fingerprint density at radius 2 is 2.00 bits per heavy atom. The average Bonchev–Trinajstić information content (AvgIpc) is 3.09. The number of halogens is 1. The standard InChI is InChI=1S/C22H19FN4O/c1-3-27-20(25-18-8-5-11-24-21(18)27)15-6-4-7-16(13-15)22(28)26-19-12-14(2)9-10-17(19)23/h4-13H,3H2,1-2H3,(H,26,28). The number of amides is 1. The molecular formula is C22H19FN4O. The maximum Gasteiger partial charge on any atom is 0.255 e. The Morgan fingerprint density at radius 1 is 1.14 bits per heavy atom. The summed E-state index contributed by atoms with van der Waals surface area (Å²) < 4.78 is 16.0. The fourth-order valence-electron chi connectivity index (χ4n) is 3.21. The van der Waals surface area contributed by atoms with Gasteiger partial charge in [0.25, 0.3) is 5.91 Å². The highest BCUT2D eigenvalue weighted by atomic mass is 19.1. The molecule has 2 aromatic heterocycles. The monoisotopic (exact) mass is 374 g/mol. The van der Waals surface area contributed by atoms with Gasteiger partial charge in [-0.1, -0.05) is 18.2 Å². The maximum absolute atomic E-state index is 14.0. The molecule has 4 rings (SSSR count). The molecule has 0 aliphatic rings. The second-order valence-electron chi connectivity index (χ2n) is 6.54. The number of nitrogens with one attached hydrogen (secondary N) is 1. The van der Waals surface area contributed by atoms with Crippen LogP contribution in [0.4, 0.5) is 10.1 Å². The molecule has 1 N–H and O–H groups in total. The number of carbonyl (C=O) groups is 1. The van der Waals surface area contributed by atoms with Crippen LogP contribution in [0.1, 0.15) is 22.8 Å². The number of rotatable bonds is 4. The fourth-order valence-corrected chi connectivity index (χ4v) is 3.21. The van der Waals surface area contributed by atoms with Gasteiger partial charge in [-0.2, -0.15) is 0 Å². The number of benzene rings is 2. The quantitative estimate of drug-likeness (QED) is 0.557. The zero-order valence-electron chi connectivity index (χ0n) is 15.6. The number of pyridine rings is 1. The largest absolute Gasteiger partial charge is 0.319 e. The first-order chi connectivity index (χ1) is 13.6. The van der Waals surface area contributed by atoms with Crippen LogP contribution in [0.25, 0.3) is 22.6 Å². The first kappa shape index (κ1) is 17.9. The molecule has 0 radical (unpaired) electrons. The van der Waals surface area contributed by atoms with Gasteiger partial charge in [-0.25, -0.2) is 14.4 Å². The van der Waals surface area contributed by atoms with Crippen LogP contribution in [0.15, 0.2) is 60.8 Å². The summed E-state index contributed by atoms with van der Waals surface area (Å²) in [7, 11) is 0. The summed E-state index contributed by atoms with van der Waals surface area (Å²) >= 11 is 0. The summed E-state index contributed by atoms with van der Waals surface area (Å²) in [5, 5.41) is 2.65. The van der Waals surface area contributed by atoms with Gasteiger partial charge in [0.2, 0.25) is 0 Å². The lowest BCUT2D eigenvalue weighted by Crippen LogP contribution is -2.13. The minimum Gasteiger partial charge on any atom is -0.319 e. The topological polar surface area (TPSA) is 59.8 Å².